The van der Waals surface area contributed by atoms with Crippen LogP contribution in [0.2, 0.25) is 0 Å². The van der Waals surface area contributed by atoms with Gasteiger partial charge in [-0.15, -0.1) is 0 Å². The largest absolute Gasteiger partial charge is 0.494 e. The lowest BCUT2D eigenvalue weighted by Gasteiger charge is -2.16. The first-order chi connectivity index (χ1) is 9.65. The van der Waals surface area contributed by atoms with E-state index in [1.54, 1.807) is 0 Å². The highest BCUT2D eigenvalue weighted by Gasteiger charge is 2.17. The Labute approximate surface area is 119 Å². The van der Waals surface area contributed by atoms with Crippen molar-refractivity contribution in [3.63, 3.8) is 0 Å². The Bertz CT molecular complexity index is 546. The van der Waals surface area contributed by atoms with Crippen molar-refractivity contribution in [2.45, 2.75) is 33.2 Å². The second kappa shape index (κ2) is 6.59. The van der Waals surface area contributed by atoms with Gasteiger partial charge >= 0.3 is 0 Å². The molecule has 0 saturated carbocycles. The molecule has 4 heteroatoms. The summed E-state index contributed by atoms with van der Waals surface area (Å²) < 4.78 is 11.2. The minimum absolute atomic E-state index is 0.0762. The fraction of sp³-hybridized carbons (Fsp3) is 0.375. The van der Waals surface area contributed by atoms with Gasteiger partial charge in [-0.05, 0) is 44.0 Å². The lowest BCUT2D eigenvalue weighted by Crippen LogP contribution is -2.28. The van der Waals surface area contributed by atoms with Crippen LogP contribution in [0.3, 0.4) is 0 Å². The average Bonchev–Trinajstić information content (AvgIpc) is 2.78. The highest BCUT2D eigenvalue weighted by Crippen LogP contribution is 2.28. The molecule has 1 unspecified atom stereocenters. The zero-order valence-corrected chi connectivity index (χ0v) is 12.3. The van der Waals surface area contributed by atoms with E-state index >= 15 is 0 Å². The monoisotopic (exact) mass is 274 g/mol. The van der Waals surface area contributed by atoms with Crippen LogP contribution in [0.25, 0.3) is 0 Å². The van der Waals surface area contributed by atoms with Gasteiger partial charge in [-0.3, -0.25) is 5.84 Å². The minimum atomic E-state index is -0.0762. The molecule has 0 spiro atoms. The van der Waals surface area contributed by atoms with Crippen LogP contribution < -0.4 is 16.0 Å². The van der Waals surface area contributed by atoms with E-state index in [4.69, 9.17) is 15.0 Å². The molecule has 20 heavy (non-hydrogen) atoms. The van der Waals surface area contributed by atoms with Crippen LogP contribution in [0, 0.1) is 13.8 Å². The van der Waals surface area contributed by atoms with Gasteiger partial charge in [-0.25, -0.2) is 5.43 Å². The predicted octanol–water partition coefficient (Wildman–Crippen LogP) is 3.24. The maximum atomic E-state index is 5.71. The van der Waals surface area contributed by atoms with E-state index in [2.05, 4.69) is 12.3 Å². The summed E-state index contributed by atoms with van der Waals surface area (Å²) in [6.07, 6.45) is 1.00. The zero-order chi connectivity index (χ0) is 14.5. The highest BCUT2D eigenvalue weighted by molar-refractivity contribution is 5.37. The molecule has 0 saturated heterocycles. The summed E-state index contributed by atoms with van der Waals surface area (Å²) in [4.78, 5) is 0. The number of hydrogen-bond donors (Lipinski definition) is 2. The van der Waals surface area contributed by atoms with Gasteiger partial charge in [-0.2, -0.15) is 0 Å². The second-order valence-electron chi connectivity index (χ2n) is 4.89. The number of furan rings is 1. The molecule has 4 nitrogen and oxygen atoms in total. The van der Waals surface area contributed by atoms with Crippen LogP contribution in [0.5, 0.6) is 5.75 Å². The lowest BCUT2D eigenvalue weighted by atomic mass is 9.99. The molecular weight excluding hydrogens is 252 g/mol. The SMILES string of the molecule is CCCOc1ccc(C(NN)c2cc(C)oc2C)cc1. The first-order valence-corrected chi connectivity index (χ1v) is 6.91. The topological polar surface area (TPSA) is 60.4 Å². The van der Waals surface area contributed by atoms with Gasteiger partial charge in [-0.1, -0.05) is 19.1 Å². The number of nitrogens with one attached hydrogen (secondary N) is 1. The third kappa shape index (κ3) is 3.21. The van der Waals surface area contributed by atoms with Gasteiger partial charge in [0.15, 0.2) is 0 Å². The summed E-state index contributed by atoms with van der Waals surface area (Å²) >= 11 is 0. The van der Waals surface area contributed by atoms with Crippen LogP contribution >= 0.6 is 0 Å². The van der Waals surface area contributed by atoms with Crippen molar-refractivity contribution in [3.8, 4) is 5.75 Å². The number of aryl methyl sites for hydroxylation is 2. The minimum Gasteiger partial charge on any atom is -0.494 e. The molecule has 2 aromatic rings. The van der Waals surface area contributed by atoms with Crippen molar-refractivity contribution >= 4 is 0 Å². The fourth-order valence-electron chi connectivity index (χ4n) is 2.28. The van der Waals surface area contributed by atoms with E-state index in [-0.39, 0.29) is 6.04 Å². The highest BCUT2D eigenvalue weighted by atomic mass is 16.5. The second-order valence-corrected chi connectivity index (χ2v) is 4.89. The number of ether oxygens (including phenoxy) is 1. The molecule has 1 aromatic heterocycles. The van der Waals surface area contributed by atoms with Crippen molar-refractivity contribution in [3.05, 3.63) is 53.0 Å². The average molecular weight is 274 g/mol. The predicted molar refractivity (Wildman–Crippen MR) is 79.6 cm³/mol. The van der Waals surface area contributed by atoms with Gasteiger partial charge in [0.1, 0.15) is 17.3 Å². The maximum absolute atomic E-state index is 5.71. The Balaban J connectivity index is 2.21. The molecule has 1 heterocycles. The molecule has 2 rings (SSSR count). The molecule has 1 aromatic carbocycles. The number of rotatable bonds is 6. The van der Waals surface area contributed by atoms with Gasteiger partial charge in [0, 0.05) is 5.56 Å². The number of benzene rings is 1. The molecule has 1 atom stereocenters. The first-order valence-electron chi connectivity index (χ1n) is 6.91. The molecule has 0 aliphatic carbocycles. The van der Waals surface area contributed by atoms with E-state index in [0.29, 0.717) is 0 Å². The molecule has 3 N–H and O–H groups in total. The smallest absolute Gasteiger partial charge is 0.119 e. The van der Waals surface area contributed by atoms with Crippen LogP contribution in [0.1, 0.15) is 42.0 Å². The van der Waals surface area contributed by atoms with Crippen molar-refractivity contribution < 1.29 is 9.15 Å². The number of nitrogens with two attached hydrogens (primary N) is 1. The molecule has 0 bridgehead atoms. The van der Waals surface area contributed by atoms with Gasteiger partial charge in [0.25, 0.3) is 0 Å². The molecule has 0 amide bonds. The van der Waals surface area contributed by atoms with E-state index in [9.17, 15) is 0 Å². The van der Waals surface area contributed by atoms with Crippen molar-refractivity contribution in [2.24, 2.45) is 5.84 Å². The number of hydrogen-bond acceptors (Lipinski definition) is 4. The quantitative estimate of drug-likeness (QED) is 0.627. The van der Waals surface area contributed by atoms with E-state index in [1.165, 1.54) is 0 Å². The summed E-state index contributed by atoms with van der Waals surface area (Å²) in [5.74, 6) is 8.37. The molecule has 0 fully saturated rings. The number of hydrazine groups is 1. The molecule has 0 radical (unpaired) electrons. The lowest BCUT2D eigenvalue weighted by molar-refractivity contribution is 0.317. The molecular formula is C16H22N2O2. The third-order valence-corrected chi connectivity index (χ3v) is 3.24. The molecule has 0 aliphatic heterocycles. The van der Waals surface area contributed by atoms with Crippen LogP contribution in [0.4, 0.5) is 0 Å². The van der Waals surface area contributed by atoms with Gasteiger partial charge in [0.2, 0.25) is 0 Å². The Hall–Kier alpha value is -1.78. The standard InChI is InChI=1S/C16H22N2O2/c1-4-9-19-14-7-5-13(6-8-14)16(18-17)15-10-11(2)20-12(15)3/h5-8,10,16,18H,4,9,17H2,1-3H3. The summed E-state index contributed by atoms with van der Waals surface area (Å²) in [5, 5.41) is 0. The molecule has 0 aliphatic rings. The Morgan fingerprint density at radius 2 is 1.95 bits per heavy atom. The Morgan fingerprint density at radius 1 is 1.25 bits per heavy atom. The summed E-state index contributed by atoms with van der Waals surface area (Å²) in [7, 11) is 0. The Kier molecular flexibility index (Phi) is 4.82. The summed E-state index contributed by atoms with van der Waals surface area (Å²) in [6, 6.07) is 9.93. The normalized spacial score (nSPS) is 12.4. The maximum Gasteiger partial charge on any atom is 0.119 e. The van der Waals surface area contributed by atoms with Crippen molar-refractivity contribution in [1.82, 2.24) is 5.43 Å². The first kappa shape index (κ1) is 14.6. The van der Waals surface area contributed by atoms with Gasteiger partial charge in [0.05, 0.1) is 12.6 Å². The van der Waals surface area contributed by atoms with E-state index < -0.39 is 0 Å². The Morgan fingerprint density at radius 3 is 2.45 bits per heavy atom. The third-order valence-electron chi connectivity index (χ3n) is 3.24. The summed E-state index contributed by atoms with van der Waals surface area (Å²) in [5.41, 5.74) is 5.00. The van der Waals surface area contributed by atoms with E-state index in [1.807, 2.05) is 44.2 Å². The summed E-state index contributed by atoms with van der Waals surface area (Å²) in [6.45, 7) is 6.71. The van der Waals surface area contributed by atoms with Crippen LogP contribution in [0.15, 0.2) is 34.7 Å². The van der Waals surface area contributed by atoms with Crippen LogP contribution in [-0.4, -0.2) is 6.61 Å². The molecule has 108 valence electrons. The van der Waals surface area contributed by atoms with Crippen LogP contribution in [-0.2, 0) is 0 Å². The van der Waals surface area contributed by atoms with Gasteiger partial charge < -0.3 is 9.15 Å². The fourth-order valence-corrected chi connectivity index (χ4v) is 2.28. The van der Waals surface area contributed by atoms with Crippen molar-refractivity contribution in [1.29, 1.82) is 0 Å². The van der Waals surface area contributed by atoms with Crippen molar-refractivity contribution in [2.75, 3.05) is 6.61 Å². The van der Waals surface area contributed by atoms with E-state index in [0.717, 1.165) is 41.4 Å². The zero-order valence-electron chi connectivity index (χ0n) is 12.3.